The molecule has 33 heavy (non-hydrogen) atoms. The Labute approximate surface area is 202 Å². The second kappa shape index (κ2) is 10.1. The number of benzene rings is 2. The number of methoxy groups -OCH3 is 1. The molecule has 0 amide bonds. The Balaban J connectivity index is 0.00000259. The maximum atomic E-state index is 13.0. The number of ether oxygens (including phenoxy) is 1. The number of rotatable bonds is 7. The van der Waals surface area contributed by atoms with Gasteiger partial charge in [-0.1, -0.05) is 36.4 Å². The quantitative estimate of drug-likeness (QED) is 0.388. The molecule has 0 aliphatic carbocycles. The van der Waals surface area contributed by atoms with Gasteiger partial charge in [-0.15, -0.1) is 23.7 Å². The van der Waals surface area contributed by atoms with Crippen LogP contribution in [-0.2, 0) is 6.54 Å². The topological polar surface area (TPSA) is 67.3 Å². The third-order valence-electron chi connectivity index (χ3n) is 6.47. The predicted molar refractivity (Wildman–Crippen MR) is 137 cm³/mol. The van der Waals surface area contributed by atoms with Crippen molar-refractivity contribution in [3.8, 4) is 5.75 Å². The van der Waals surface area contributed by atoms with Crippen LogP contribution in [0.15, 0.2) is 58.1 Å². The summed E-state index contributed by atoms with van der Waals surface area (Å²) in [5.74, 6) is 1.46. The Morgan fingerprint density at radius 2 is 1.82 bits per heavy atom. The summed E-state index contributed by atoms with van der Waals surface area (Å²) in [6, 6.07) is 16.1. The van der Waals surface area contributed by atoms with Gasteiger partial charge < -0.3 is 14.6 Å². The van der Waals surface area contributed by atoms with Crippen molar-refractivity contribution in [1.29, 1.82) is 0 Å². The second-order valence-electron chi connectivity index (χ2n) is 8.42. The molecular weight excluding hydrogens is 458 g/mol. The molecule has 1 fully saturated rings. The van der Waals surface area contributed by atoms with E-state index in [2.05, 4.69) is 22.0 Å². The number of fused-ring (bicyclic) bond motifs is 3. The zero-order valence-corrected chi connectivity index (χ0v) is 20.2. The van der Waals surface area contributed by atoms with Crippen molar-refractivity contribution < 1.29 is 4.74 Å². The lowest BCUT2D eigenvalue weighted by Crippen LogP contribution is -2.34. The van der Waals surface area contributed by atoms with Crippen molar-refractivity contribution in [1.82, 2.24) is 14.5 Å². The summed E-state index contributed by atoms with van der Waals surface area (Å²) in [6.07, 6.45) is 2.88. The summed E-state index contributed by atoms with van der Waals surface area (Å²) in [7, 11) is 1.73. The van der Waals surface area contributed by atoms with Crippen molar-refractivity contribution in [3.63, 3.8) is 0 Å². The molecular formula is C25H28ClN3O3S. The number of H-pyrrole nitrogens is 1. The Hall–Kier alpha value is -2.61. The lowest BCUT2D eigenvalue weighted by molar-refractivity contribution is 0.320. The van der Waals surface area contributed by atoms with Crippen LogP contribution in [0.3, 0.4) is 0 Å². The fourth-order valence-corrected chi connectivity index (χ4v) is 5.92. The van der Waals surface area contributed by atoms with E-state index in [1.54, 1.807) is 7.11 Å². The Bertz CT molecular complexity index is 1380. The molecule has 1 N–H and O–H groups in total. The zero-order valence-electron chi connectivity index (χ0n) is 18.6. The van der Waals surface area contributed by atoms with Crippen LogP contribution in [0.25, 0.3) is 20.3 Å². The van der Waals surface area contributed by atoms with E-state index in [0.29, 0.717) is 22.7 Å². The molecule has 5 rings (SSSR count). The summed E-state index contributed by atoms with van der Waals surface area (Å²) in [5, 5.41) is 0.937. The van der Waals surface area contributed by atoms with Crippen LogP contribution in [0.4, 0.5) is 0 Å². The number of unbranched alkanes of at least 4 members (excludes halogenated alkanes) is 1. The minimum absolute atomic E-state index is 0. The molecule has 4 aromatic rings. The van der Waals surface area contributed by atoms with Crippen LogP contribution in [-0.4, -0.2) is 41.2 Å². The lowest BCUT2D eigenvalue weighted by Gasteiger charge is -2.17. The Kier molecular flexibility index (Phi) is 7.22. The van der Waals surface area contributed by atoms with Gasteiger partial charge in [0.15, 0.2) is 0 Å². The molecule has 0 radical (unpaired) electrons. The normalized spacial score (nSPS) is 16.3. The van der Waals surface area contributed by atoms with E-state index in [1.165, 1.54) is 21.5 Å². The van der Waals surface area contributed by atoms with Gasteiger partial charge in [-0.2, -0.15) is 0 Å². The number of nitrogens with zero attached hydrogens (tertiary/aromatic N) is 2. The maximum absolute atomic E-state index is 13.0. The van der Waals surface area contributed by atoms with Crippen molar-refractivity contribution in [2.45, 2.75) is 31.7 Å². The highest BCUT2D eigenvalue weighted by Crippen LogP contribution is 2.33. The van der Waals surface area contributed by atoms with Crippen LogP contribution in [0.2, 0.25) is 0 Å². The summed E-state index contributed by atoms with van der Waals surface area (Å²) >= 11 is 1.45. The molecule has 2 aromatic heterocycles. The number of halogens is 1. The number of para-hydroxylation sites is 1. The molecule has 3 heterocycles. The summed E-state index contributed by atoms with van der Waals surface area (Å²) in [4.78, 5) is 31.0. The van der Waals surface area contributed by atoms with E-state index in [1.807, 2.05) is 36.4 Å². The lowest BCUT2D eigenvalue weighted by atomic mass is 9.97. The SMILES string of the molecule is COc1ccccc1C1CCN(CCCCn2c(=O)[nH]c3c(sc4ccccc43)c2=O)C1.Cl. The number of hydrogen-bond acceptors (Lipinski definition) is 5. The first-order valence-electron chi connectivity index (χ1n) is 11.2. The van der Waals surface area contributed by atoms with Gasteiger partial charge in [0.2, 0.25) is 0 Å². The highest BCUT2D eigenvalue weighted by molar-refractivity contribution is 7.25. The van der Waals surface area contributed by atoms with Crippen molar-refractivity contribution in [3.05, 3.63) is 74.9 Å². The van der Waals surface area contributed by atoms with Crippen molar-refractivity contribution in [2.75, 3.05) is 26.7 Å². The van der Waals surface area contributed by atoms with Gasteiger partial charge in [0, 0.05) is 29.1 Å². The van der Waals surface area contributed by atoms with E-state index in [9.17, 15) is 9.59 Å². The van der Waals surface area contributed by atoms with E-state index < -0.39 is 0 Å². The van der Waals surface area contributed by atoms with E-state index in [0.717, 1.165) is 54.7 Å². The first kappa shape index (κ1) is 23.5. The summed E-state index contributed by atoms with van der Waals surface area (Å²) < 4.78 is 8.54. The molecule has 1 aliphatic heterocycles. The number of nitrogens with one attached hydrogen (secondary N) is 1. The van der Waals surface area contributed by atoms with Crippen LogP contribution >= 0.6 is 23.7 Å². The number of aromatic amines is 1. The largest absolute Gasteiger partial charge is 0.496 e. The zero-order chi connectivity index (χ0) is 22.1. The first-order valence-corrected chi connectivity index (χ1v) is 12.0. The van der Waals surface area contributed by atoms with Crippen LogP contribution in [0.5, 0.6) is 5.75 Å². The first-order chi connectivity index (χ1) is 15.7. The van der Waals surface area contributed by atoms with Gasteiger partial charge in [-0.3, -0.25) is 9.36 Å². The average molecular weight is 486 g/mol. The molecule has 8 heteroatoms. The third-order valence-corrected chi connectivity index (χ3v) is 7.63. The monoisotopic (exact) mass is 485 g/mol. The molecule has 0 saturated carbocycles. The average Bonchev–Trinajstić information content (AvgIpc) is 3.43. The number of aromatic nitrogens is 2. The minimum Gasteiger partial charge on any atom is -0.496 e. The van der Waals surface area contributed by atoms with Crippen LogP contribution in [0.1, 0.15) is 30.7 Å². The smallest absolute Gasteiger partial charge is 0.328 e. The second-order valence-corrected chi connectivity index (χ2v) is 9.48. The highest BCUT2D eigenvalue weighted by Gasteiger charge is 2.25. The Morgan fingerprint density at radius 3 is 2.67 bits per heavy atom. The van der Waals surface area contributed by atoms with Crippen molar-refractivity contribution >= 4 is 44.0 Å². The van der Waals surface area contributed by atoms with Crippen molar-refractivity contribution in [2.24, 2.45) is 0 Å². The minimum atomic E-state index is -0.316. The molecule has 0 spiro atoms. The van der Waals surface area contributed by atoms with Crippen LogP contribution in [0, 0.1) is 0 Å². The standard InChI is InChI=1S/C25H27N3O3S.ClH/c1-31-20-10-4-2-8-18(20)17-12-15-27(16-17)13-6-7-14-28-24(29)23-22(26-25(28)30)19-9-3-5-11-21(19)32-23;/h2-5,8-11,17H,6-7,12-16H2,1H3,(H,26,30);1H. The fourth-order valence-electron chi connectivity index (χ4n) is 4.81. The van der Waals surface area contributed by atoms with Gasteiger partial charge >= 0.3 is 5.69 Å². The molecule has 2 aromatic carbocycles. The van der Waals surface area contributed by atoms with Gasteiger partial charge in [-0.05, 0) is 50.0 Å². The molecule has 0 bridgehead atoms. The molecule has 1 unspecified atom stereocenters. The van der Waals surface area contributed by atoms with E-state index in [-0.39, 0.29) is 23.7 Å². The fraction of sp³-hybridized carbons (Fsp3) is 0.360. The number of likely N-dealkylation sites (tertiary alicyclic amines) is 1. The third kappa shape index (κ3) is 4.58. The number of hydrogen-bond donors (Lipinski definition) is 1. The number of thiophene rings is 1. The van der Waals surface area contributed by atoms with Crippen LogP contribution < -0.4 is 16.0 Å². The summed E-state index contributed by atoms with van der Waals surface area (Å²) in [6.45, 7) is 3.51. The molecule has 1 atom stereocenters. The van der Waals surface area contributed by atoms with Gasteiger partial charge in [-0.25, -0.2) is 4.79 Å². The molecule has 1 aliphatic rings. The Morgan fingerprint density at radius 1 is 1.06 bits per heavy atom. The van der Waals surface area contributed by atoms with E-state index >= 15 is 0 Å². The van der Waals surface area contributed by atoms with Gasteiger partial charge in [0.05, 0.1) is 12.6 Å². The molecule has 1 saturated heterocycles. The van der Waals surface area contributed by atoms with E-state index in [4.69, 9.17) is 4.74 Å². The van der Waals surface area contributed by atoms with Gasteiger partial charge in [0.25, 0.3) is 5.56 Å². The predicted octanol–water partition coefficient (Wildman–Crippen LogP) is 4.60. The summed E-state index contributed by atoms with van der Waals surface area (Å²) in [5.41, 5.74) is 1.45. The molecule has 6 nitrogen and oxygen atoms in total. The maximum Gasteiger partial charge on any atom is 0.328 e. The van der Waals surface area contributed by atoms with Gasteiger partial charge in [0.1, 0.15) is 10.4 Å². The highest BCUT2D eigenvalue weighted by atomic mass is 35.5. The molecule has 174 valence electrons.